The van der Waals surface area contributed by atoms with E-state index in [1.54, 1.807) is 24.3 Å². The van der Waals surface area contributed by atoms with Crippen LogP contribution in [0.1, 0.15) is 27.0 Å². The van der Waals surface area contributed by atoms with Crippen LogP contribution in [0.15, 0.2) is 77.7 Å². The van der Waals surface area contributed by atoms with Crippen molar-refractivity contribution in [2.45, 2.75) is 13.5 Å². The van der Waals surface area contributed by atoms with E-state index in [1.165, 1.54) is 11.6 Å². The van der Waals surface area contributed by atoms with E-state index < -0.39 is 5.91 Å². The molecule has 1 N–H and O–H groups in total. The zero-order chi connectivity index (χ0) is 23.4. The number of carbonyl (C=O) groups is 2. The van der Waals surface area contributed by atoms with Crippen LogP contribution in [-0.2, 0) is 11.4 Å². The number of nitrogens with one attached hydrogen (secondary N) is 1. The largest absolute Gasteiger partial charge is 0.489 e. The summed E-state index contributed by atoms with van der Waals surface area (Å²) in [6.07, 6.45) is 1.73. The van der Waals surface area contributed by atoms with Gasteiger partial charge in [0.2, 0.25) is 0 Å². The highest BCUT2D eigenvalue weighted by Crippen LogP contribution is 2.32. The van der Waals surface area contributed by atoms with Crippen LogP contribution in [0.4, 0.5) is 0 Å². The number of carbonyl (C=O) groups excluding carboxylic acids is 2. The van der Waals surface area contributed by atoms with Crippen LogP contribution in [0.2, 0.25) is 5.02 Å². The van der Waals surface area contributed by atoms with Crippen molar-refractivity contribution in [1.82, 2.24) is 10.4 Å². The molecule has 0 radical (unpaired) electrons. The fraction of sp³-hybridized carbons (Fsp3) is 0.0800. The van der Waals surface area contributed by atoms with Gasteiger partial charge in [-0.2, -0.15) is 5.01 Å². The number of hydrogen-bond donors (Lipinski definition) is 1. The summed E-state index contributed by atoms with van der Waals surface area (Å²) in [5.41, 5.74) is 6.01. The van der Waals surface area contributed by atoms with Gasteiger partial charge in [-0.25, -0.2) is 0 Å². The Kier molecular flexibility index (Phi) is 7.13. The lowest BCUT2D eigenvalue weighted by molar-refractivity contribution is -0.123. The standard InChI is InChI=1S/C25H19ClN2O3S2/c1-16-5-2-3-6-19(16)15-31-21-11-9-17(10-12-21)13-22-24(30)28(25(32)33-22)27-23(29)18-7-4-8-20(26)14-18/h2-14H,15H2,1H3,(H,27,29)/b22-13-. The van der Waals surface area contributed by atoms with E-state index in [-0.39, 0.29) is 10.2 Å². The number of halogens is 1. The summed E-state index contributed by atoms with van der Waals surface area (Å²) in [5, 5.41) is 1.51. The second-order valence-electron chi connectivity index (χ2n) is 7.25. The Morgan fingerprint density at radius 2 is 1.88 bits per heavy atom. The molecule has 2 amide bonds. The third-order valence-electron chi connectivity index (χ3n) is 4.93. The van der Waals surface area contributed by atoms with Crippen molar-refractivity contribution in [3.8, 4) is 5.75 Å². The molecule has 4 rings (SSSR count). The molecule has 33 heavy (non-hydrogen) atoms. The van der Waals surface area contributed by atoms with E-state index >= 15 is 0 Å². The second-order valence-corrected chi connectivity index (χ2v) is 9.36. The predicted molar refractivity (Wildman–Crippen MR) is 136 cm³/mol. The predicted octanol–water partition coefficient (Wildman–Crippen LogP) is 5.77. The van der Waals surface area contributed by atoms with Crippen molar-refractivity contribution in [3.05, 3.63) is 105 Å². The molecule has 1 heterocycles. The molecule has 1 aliphatic heterocycles. The molecule has 0 bridgehead atoms. The Morgan fingerprint density at radius 1 is 1.12 bits per heavy atom. The number of nitrogens with zero attached hydrogens (tertiary/aromatic N) is 1. The monoisotopic (exact) mass is 494 g/mol. The molecule has 1 saturated heterocycles. The molecule has 1 aliphatic rings. The first-order chi connectivity index (χ1) is 15.9. The first kappa shape index (κ1) is 23.0. The van der Waals surface area contributed by atoms with Gasteiger partial charge in [-0.15, -0.1) is 0 Å². The van der Waals surface area contributed by atoms with Gasteiger partial charge in [-0.3, -0.25) is 15.0 Å². The maximum Gasteiger partial charge on any atom is 0.285 e. The molecule has 0 spiro atoms. The number of hydrogen-bond acceptors (Lipinski definition) is 5. The molecule has 3 aromatic carbocycles. The Balaban J connectivity index is 1.40. The van der Waals surface area contributed by atoms with Crippen LogP contribution in [0.5, 0.6) is 5.75 Å². The van der Waals surface area contributed by atoms with Gasteiger partial charge in [0.1, 0.15) is 12.4 Å². The normalized spacial score (nSPS) is 14.6. The van der Waals surface area contributed by atoms with Crippen LogP contribution in [0, 0.1) is 6.92 Å². The van der Waals surface area contributed by atoms with Gasteiger partial charge in [0.15, 0.2) is 4.32 Å². The molecule has 0 aromatic heterocycles. The van der Waals surface area contributed by atoms with E-state index in [0.29, 0.717) is 22.1 Å². The SMILES string of the molecule is Cc1ccccc1COc1ccc(/C=C2\SC(=S)N(NC(=O)c3cccc(Cl)c3)C2=O)cc1. The highest BCUT2D eigenvalue weighted by atomic mass is 35.5. The average molecular weight is 495 g/mol. The molecule has 3 aromatic rings. The number of aryl methyl sites for hydroxylation is 1. The van der Waals surface area contributed by atoms with Gasteiger partial charge in [0.05, 0.1) is 4.91 Å². The van der Waals surface area contributed by atoms with Crippen LogP contribution < -0.4 is 10.2 Å². The molecule has 166 valence electrons. The Labute approximate surface area is 206 Å². The Hall–Kier alpha value is -3.13. The minimum atomic E-state index is -0.467. The molecule has 1 fully saturated rings. The third kappa shape index (κ3) is 5.63. The first-order valence-electron chi connectivity index (χ1n) is 10.0. The maximum absolute atomic E-state index is 12.8. The summed E-state index contributed by atoms with van der Waals surface area (Å²) in [6.45, 7) is 2.53. The summed E-state index contributed by atoms with van der Waals surface area (Å²) in [7, 11) is 0. The number of rotatable bonds is 6. The van der Waals surface area contributed by atoms with Crippen molar-refractivity contribution >= 4 is 57.8 Å². The highest BCUT2D eigenvalue weighted by molar-refractivity contribution is 8.26. The van der Waals surface area contributed by atoms with E-state index in [0.717, 1.165) is 33.6 Å². The summed E-state index contributed by atoms with van der Waals surface area (Å²) < 4.78 is 6.12. The summed E-state index contributed by atoms with van der Waals surface area (Å²) in [6, 6.07) is 22.0. The van der Waals surface area contributed by atoms with Gasteiger partial charge in [0, 0.05) is 10.6 Å². The summed E-state index contributed by atoms with van der Waals surface area (Å²) in [5.74, 6) is -0.123. The zero-order valence-corrected chi connectivity index (χ0v) is 20.0. The van der Waals surface area contributed by atoms with E-state index in [2.05, 4.69) is 18.4 Å². The number of thiocarbonyl (C=S) groups is 1. The van der Waals surface area contributed by atoms with Gasteiger partial charge in [0.25, 0.3) is 11.8 Å². The minimum absolute atomic E-state index is 0.250. The van der Waals surface area contributed by atoms with E-state index in [9.17, 15) is 9.59 Å². The highest BCUT2D eigenvalue weighted by Gasteiger charge is 2.33. The van der Waals surface area contributed by atoms with Crippen molar-refractivity contribution in [2.75, 3.05) is 0 Å². The summed E-state index contributed by atoms with van der Waals surface area (Å²) in [4.78, 5) is 25.7. The van der Waals surface area contributed by atoms with Crippen molar-refractivity contribution < 1.29 is 14.3 Å². The second kappa shape index (κ2) is 10.2. The van der Waals surface area contributed by atoms with E-state index in [1.807, 2.05) is 42.5 Å². The van der Waals surface area contributed by atoms with Crippen molar-refractivity contribution in [3.63, 3.8) is 0 Å². The van der Waals surface area contributed by atoms with Crippen LogP contribution in [-0.4, -0.2) is 21.1 Å². The third-order valence-corrected chi connectivity index (χ3v) is 6.46. The lowest BCUT2D eigenvalue weighted by atomic mass is 10.1. The van der Waals surface area contributed by atoms with Gasteiger partial charge in [-0.1, -0.05) is 65.8 Å². The summed E-state index contributed by atoms with van der Waals surface area (Å²) >= 11 is 12.3. The van der Waals surface area contributed by atoms with Crippen molar-refractivity contribution in [1.29, 1.82) is 0 Å². The molecule has 0 aliphatic carbocycles. The fourth-order valence-corrected chi connectivity index (χ4v) is 4.47. The van der Waals surface area contributed by atoms with Crippen LogP contribution >= 0.6 is 35.6 Å². The molecule has 8 heteroatoms. The Morgan fingerprint density at radius 3 is 2.61 bits per heavy atom. The number of ether oxygens (including phenoxy) is 1. The zero-order valence-electron chi connectivity index (χ0n) is 17.6. The fourth-order valence-electron chi connectivity index (χ4n) is 3.10. The molecular formula is C25H19ClN2O3S2. The lowest BCUT2D eigenvalue weighted by Crippen LogP contribution is -2.44. The number of hydrazine groups is 1. The van der Waals surface area contributed by atoms with Crippen LogP contribution in [0.25, 0.3) is 6.08 Å². The van der Waals surface area contributed by atoms with Crippen LogP contribution in [0.3, 0.4) is 0 Å². The average Bonchev–Trinajstić information content (AvgIpc) is 3.06. The number of thioether (sulfide) groups is 1. The quantitative estimate of drug-likeness (QED) is 0.348. The molecule has 5 nitrogen and oxygen atoms in total. The van der Waals surface area contributed by atoms with E-state index in [4.69, 9.17) is 28.6 Å². The molecular weight excluding hydrogens is 476 g/mol. The van der Waals surface area contributed by atoms with Gasteiger partial charge >= 0.3 is 0 Å². The minimum Gasteiger partial charge on any atom is -0.489 e. The van der Waals surface area contributed by atoms with Gasteiger partial charge in [-0.05, 0) is 72.2 Å². The van der Waals surface area contributed by atoms with Gasteiger partial charge < -0.3 is 4.74 Å². The number of amides is 2. The Bertz CT molecular complexity index is 1260. The molecule has 0 atom stereocenters. The maximum atomic E-state index is 12.8. The van der Waals surface area contributed by atoms with Crippen molar-refractivity contribution in [2.24, 2.45) is 0 Å². The lowest BCUT2D eigenvalue weighted by Gasteiger charge is -2.15. The smallest absolute Gasteiger partial charge is 0.285 e. The topological polar surface area (TPSA) is 58.6 Å². The number of benzene rings is 3. The molecule has 0 unspecified atom stereocenters. The molecule has 0 saturated carbocycles. The first-order valence-corrected chi connectivity index (χ1v) is 11.6.